The largest absolute Gasteiger partial charge is 0.465 e. The first-order valence-corrected chi connectivity index (χ1v) is 8.87. The number of H-pyrrole nitrogens is 1. The molecular weight excluding hydrogens is 332 g/mol. The lowest BCUT2D eigenvalue weighted by molar-refractivity contribution is 0.0311. The average Bonchev–Trinajstić information content (AvgIpc) is 3.10. The van der Waals surface area contributed by atoms with E-state index in [2.05, 4.69) is 58.4 Å². The molecule has 2 aromatic rings. The minimum Gasteiger partial charge on any atom is -0.465 e. The number of rotatable bonds is 4. The highest BCUT2D eigenvalue weighted by Gasteiger charge is 2.38. The van der Waals surface area contributed by atoms with E-state index in [0.717, 1.165) is 12.0 Å². The molecule has 1 fully saturated rings. The molecule has 0 radical (unpaired) electrons. The van der Waals surface area contributed by atoms with Crippen molar-refractivity contribution in [3.05, 3.63) is 41.7 Å². The third-order valence-corrected chi connectivity index (χ3v) is 4.70. The van der Waals surface area contributed by atoms with Gasteiger partial charge >= 0.3 is 6.09 Å². The Bertz CT molecular complexity index is 713. The van der Waals surface area contributed by atoms with Gasteiger partial charge in [-0.1, -0.05) is 56.3 Å². The lowest BCUT2D eigenvalue weighted by atomic mass is 9.85. The summed E-state index contributed by atoms with van der Waals surface area (Å²) in [6.07, 6.45) is 0.0113. The number of aromatic amines is 1. The smallest absolute Gasteiger partial charge is 0.407 e. The Morgan fingerprint density at radius 2 is 2.04 bits per heavy atom. The van der Waals surface area contributed by atoms with Gasteiger partial charge in [0.15, 0.2) is 5.82 Å². The van der Waals surface area contributed by atoms with Gasteiger partial charge in [-0.25, -0.2) is 4.79 Å². The minimum absolute atomic E-state index is 0.0723. The molecule has 1 amide bonds. The number of piperazine rings is 1. The predicted molar refractivity (Wildman–Crippen MR) is 96.6 cm³/mol. The Labute approximate surface area is 153 Å². The number of carbonyl (C=O) groups is 1. The van der Waals surface area contributed by atoms with E-state index in [4.69, 9.17) is 0 Å². The van der Waals surface area contributed by atoms with Gasteiger partial charge < -0.3 is 10.0 Å². The van der Waals surface area contributed by atoms with Crippen molar-refractivity contribution in [1.82, 2.24) is 30.4 Å². The first-order chi connectivity index (χ1) is 12.3. The molecule has 1 aliphatic rings. The van der Waals surface area contributed by atoms with E-state index in [1.807, 2.05) is 18.2 Å². The number of nitrogens with zero attached hydrogens (tertiary/aromatic N) is 5. The van der Waals surface area contributed by atoms with E-state index >= 15 is 0 Å². The summed E-state index contributed by atoms with van der Waals surface area (Å²) in [5, 5.41) is 24.2. The van der Waals surface area contributed by atoms with E-state index < -0.39 is 6.09 Å². The molecule has 1 unspecified atom stereocenters. The van der Waals surface area contributed by atoms with Crippen molar-refractivity contribution in [2.45, 2.75) is 39.3 Å². The van der Waals surface area contributed by atoms with Gasteiger partial charge in [-0.2, -0.15) is 5.21 Å². The summed E-state index contributed by atoms with van der Waals surface area (Å²) in [7, 11) is 0. The summed E-state index contributed by atoms with van der Waals surface area (Å²) < 4.78 is 0. The fourth-order valence-electron chi connectivity index (χ4n) is 3.68. The SMILES string of the molecule is CC(C)(C)C[C@@H]1CN(C(=O)O)CCN1C(c1ccccc1)c1nn[nH]n1. The Morgan fingerprint density at radius 1 is 1.31 bits per heavy atom. The van der Waals surface area contributed by atoms with Crippen LogP contribution in [0.1, 0.15) is 44.6 Å². The van der Waals surface area contributed by atoms with Crippen molar-refractivity contribution in [3.63, 3.8) is 0 Å². The number of nitrogens with one attached hydrogen (secondary N) is 1. The normalized spacial score (nSPS) is 20.1. The van der Waals surface area contributed by atoms with Crippen molar-refractivity contribution in [1.29, 1.82) is 0 Å². The number of hydrogen-bond acceptors (Lipinski definition) is 5. The van der Waals surface area contributed by atoms with Crippen LogP contribution in [0.2, 0.25) is 0 Å². The molecule has 140 valence electrons. The molecule has 0 aliphatic carbocycles. The first kappa shape index (κ1) is 18.3. The van der Waals surface area contributed by atoms with Crippen LogP contribution in [0, 0.1) is 5.41 Å². The Morgan fingerprint density at radius 3 is 2.62 bits per heavy atom. The number of amides is 1. The summed E-state index contributed by atoms with van der Waals surface area (Å²) in [4.78, 5) is 15.3. The number of benzene rings is 1. The number of carboxylic acid groups (broad SMARTS) is 1. The molecule has 26 heavy (non-hydrogen) atoms. The van der Waals surface area contributed by atoms with Crippen LogP contribution >= 0.6 is 0 Å². The molecular formula is C18H26N6O2. The van der Waals surface area contributed by atoms with Crippen LogP contribution in [0.25, 0.3) is 0 Å². The number of aromatic nitrogens is 4. The fraction of sp³-hybridized carbons (Fsp3) is 0.556. The van der Waals surface area contributed by atoms with Crippen molar-refractivity contribution >= 4 is 6.09 Å². The van der Waals surface area contributed by atoms with Crippen molar-refractivity contribution in [2.24, 2.45) is 5.41 Å². The minimum atomic E-state index is -0.862. The second kappa shape index (κ2) is 7.41. The Kier molecular flexibility index (Phi) is 5.22. The molecule has 3 rings (SSSR count). The number of hydrogen-bond donors (Lipinski definition) is 2. The molecule has 1 aromatic carbocycles. The molecule has 0 bridgehead atoms. The summed E-state index contributed by atoms with van der Waals surface area (Å²) in [5.74, 6) is 0.610. The first-order valence-electron chi connectivity index (χ1n) is 8.87. The highest BCUT2D eigenvalue weighted by molar-refractivity contribution is 5.65. The standard InChI is InChI=1S/C18H26N6O2/c1-18(2,3)11-14-12-23(17(25)26)9-10-24(14)15(16-19-21-22-20-16)13-7-5-4-6-8-13/h4-8,14-15H,9-12H2,1-3H3,(H,25,26)(H,19,20,21,22)/t14-,15?/m1/s1. The molecule has 2 heterocycles. The molecule has 8 heteroatoms. The summed E-state index contributed by atoms with van der Waals surface area (Å²) in [6, 6.07) is 9.99. The van der Waals surface area contributed by atoms with Crippen molar-refractivity contribution < 1.29 is 9.90 Å². The fourth-order valence-corrected chi connectivity index (χ4v) is 3.68. The highest BCUT2D eigenvalue weighted by atomic mass is 16.4. The zero-order valence-corrected chi connectivity index (χ0v) is 15.5. The van der Waals surface area contributed by atoms with E-state index in [0.29, 0.717) is 25.5 Å². The maximum Gasteiger partial charge on any atom is 0.407 e. The predicted octanol–water partition coefficient (Wildman–Crippen LogP) is 2.39. The Hall–Kier alpha value is -2.48. The zero-order chi connectivity index (χ0) is 18.7. The van der Waals surface area contributed by atoms with Crippen molar-refractivity contribution in [2.75, 3.05) is 19.6 Å². The topological polar surface area (TPSA) is 98.2 Å². The quantitative estimate of drug-likeness (QED) is 0.871. The molecule has 2 N–H and O–H groups in total. The van der Waals surface area contributed by atoms with Gasteiger partial charge in [-0.15, -0.1) is 10.2 Å². The van der Waals surface area contributed by atoms with Gasteiger partial charge in [0.05, 0.1) is 6.04 Å². The van der Waals surface area contributed by atoms with Gasteiger partial charge in [0.1, 0.15) is 0 Å². The van der Waals surface area contributed by atoms with Gasteiger partial charge in [0, 0.05) is 25.7 Å². The van der Waals surface area contributed by atoms with Gasteiger partial charge in [-0.05, 0) is 17.4 Å². The monoisotopic (exact) mass is 358 g/mol. The van der Waals surface area contributed by atoms with E-state index in [1.165, 1.54) is 4.90 Å². The van der Waals surface area contributed by atoms with Crippen LogP contribution in [0.3, 0.4) is 0 Å². The van der Waals surface area contributed by atoms with Crippen LogP contribution in [0.15, 0.2) is 30.3 Å². The second-order valence-electron chi connectivity index (χ2n) is 7.97. The van der Waals surface area contributed by atoms with Gasteiger partial charge in [0.2, 0.25) is 0 Å². The molecule has 1 aromatic heterocycles. The maximum absolute atomic E-state index is 11.5. The van der Waals surface area contributed by atoms with Crippen LogP contribution in [-0.4, -0.2) is 67.3 Å². The van der Waals surface area contributed by atoms with Gasteiger partial charge in [-0.3, -0.25) is 4.90 Å². The van der Waals surface area contributed by atoms with Crippen molar-refractivity contribution in [3.8, 4) is 0 Å². The average molecular weight is 358 g/mol. The lowest BCUT2D eigenvalue weighted by Gasteiger charge is -2.45. The summed E-state index contributed by atoms with van der Waals surface area (Å²) in [6.45, 7) is 8.11. The Balaban J connectivity index is 1.96. The second-order valence-corrected chi connectivity index (χ2v) is 7.97. The lowest BCUT2D eigenvalue weighted by Crippen LogP contribution is -2.56. The van der Waals surface area contributed by atoms with E-state index in [1.54, 1.807) is 0 Å². The van der Waals surface area contributed by atoms with Crippen LogP contribution in [-0.2, 0) is 0 Å². The van der Waals surface area contributed by atoms with Crippen LogP contribution < -0.4 is 0 Å². The zero-order valence-electron chi connectivity index (χ0n) is 15.5. The molecule has 1 saturated heterocycles. The molecule has 2 atom stereocenters. The molecule has 0 spiro atoms. The molecule has 1 aliphatic heterocycles. The van der Waals surface area contributed by atoms with Gasteiger partial charge in [0.25, 0.3) is 0 Å². The third kappa shape index (κ3) is 4.19. The highest BCUT2D eigenvalue weighted by Crippen LogP contribution is 2.34. The van der Waals surface area contributed by atoms with Crippen LogP contribution in [0.4, 0.5) is 4.79 Å². The molecule has 8 nitrogen and oxygen atoms in total. The number of tetrazole rings is 1. The summed E-state index contributed by atoms with van der Waals surface area (Å²) >= 11 is 0. The van der Waals surface area contributed by atoms with E-state index in [-0.39, 0.29) is 17.5 Å². The molecule has 0 saturated carbocycles. The third-order valence-electron chi connectivity index (χ3n) is 4.70. The van der Waals surface area contributed by atoms with Crippen LogP contribution in [0.5, 0.6) is 0 Å². The summed E-state index contributed by atoms with van der Waals surface area (Å²) in [5.41, 5.74) is 1.15. The van der Waals surface area contributed by atoms with E-state index in [9.17, 15) is 9.90 Å². The maximum atomic E-state index is 11.5.